The van der Waals surface area contributed by atoms with E-state index in [1.165, 1.54) is 19.3 Å². The third-order valence-electron chi connectivity index (χ3n) is 2.79. The van der Waals surface area contributed by atoms with Crippen molar-refractivity contribution < 1.29 is 4.79 Å². The van der Waals surface area contributed by atoms with Gasteiger partial charge >= 0.3 is 0 Å². The van der Waals surface area contributed by atoms with E-state index in [-0.39, 0.29) is 0 Å². The van der Waals surface area contributed by atoms with Gasteiger partial charge in [0.1, 0.15) is 0 Å². The van der Waals surface area contributed by atoms with E-state index in [2.05, 4.69) is 5.32 Å². The third-order valence-corrected chi connectivity index (χ3v) is 2.79. The summed E-state index contributed by atoms with van der Waals surface area (Å²) in [4.78, 5) is 11.1. The highest BCUT2D eigenvalue weighted by Crippen LogP contribution is 2.25. The van der Waals surface area contributed by atoms with Gasteiger partial charge in [0.2, 0.25) is 0 Å². The molecule has 1 aromatic rings. The summed E-state index contributed by atoms with van der Waals surface area (Å²) < 4.78 is 0. The van der Waals surface area contributed by atoms with Crippen LogP contribution in [0.3, 0.4) is 0 Å². The first kappa shape index (κ1) is 9.83. The molecule has 5 N–H and O–H groups in total. The van der Waals surface area contributed by atoms with Crippen LogP contribution in [0.15, 0.2) is 18.2 Å². The lowest BCUT2D eigenvalue weighted by Gasteiger charge is -2.27. The number of primary amides is 1. The Morgan fingerprint density at radius 2 is 2.13 bits per heavy atom. The Hall–Kier alpha value is -1.71. The Morgan fingerprint density at radius 3 is 2.67 bits per heavy atom. The topological polar surface area (TPSA) is 81.1 Å². The van der Waals surface area contributed by atoms with Crippen molar-refractivity contribution in [1.82, 2.24) is 0 Å². The summed E-state index contributed by atoms with van der Waals surface area (Å²) >= 11 is 0. The smallest absolute Gasteiger partial charge is 0.250 e. The monoisotopic (exact) mass is 205 g/mol. The number of hydrogen-bond donors (Lipinski definition) is 3. The second-order valence-corrected chi connectivity index (χ2v) is 3.94. The quantitative estimate of drug-likeness (QED) is 0.651. The molecule has 0 radical (unpaired) electrons. The molecule has 80 valence electrons. The van der Waals surface area contributed by atoms with Gasteiger partial charge in [-0.3, -0.25) is 4.79 Å². The lowest BCUT2D eigenvalue weighted by Crippen LogP contribution is -2.27. The van der Waals surface area contributed by atoms with Crippen molar-refractivity contribution in [1.29, 1.82) is 0 Å². The van der Waals surface area contributed by atoms with E-state index < -0.39 is 5.91 Å². The molecule has 2 rings (SSSR count). The van der Waals surface area contributed by atoms with Gasteiger partial charge in [-0.15, -0.1) is 0 Å². The molecule has 0 aromatic heterocycles. The van der Waals surface area contributed by atoms with Crippen LogP contribution in [-0.4, -0.2) is 11.9 Å². The summed E-state index contributed by atoms with van der Waals surface area (Å²) in [5.74, 6) is -0.482. The molecule has 0 unspecified atom stereocenters. The Morgan fingerprint density at radius 1 is 1.40 bits per heavy atom. The highest BCUT2D eigenvalue weighted by Gasteiger charge is 2.17. The summed E-state index contributed by atoms with van der Waals surface area (Å²) in [5.41, 5.74) is 12.6. The molecule has 4 heteroatoms. The van der Waals surface area contributed by atoms with Crippen LogP contribution in [-0.2, 0) is 0 Å². The Balaban J connectivity index is 2.17. The number of carbonyl (C=O) groups excluding carboxylic acids is 1. The van der Waals surface area contributed by atoms with Crippen molar-refractivity contribution in [3.05, 3.63) is 23.8 Å². The molecular formula is C11H15N3O. The lowest BCUT2D eigenvalue weighted by atomic mass is 9.93. The highest BCUT2D eigenvalue weighted by molar-refractivity contribution is 5.98. The molecule has 0 aliphatic heterocycles. The molecule has 1 aromatic carbocycles. The fraction of sp³-hybridized carbons (Fsp3) is 0.364. The molecular weight excluding hydrogens is 190 g/mol. The van der Waals surface area contributed by atoms with E-state index in [0.717, 1.165) is 5.69 Å². The van der Waals surface area contributed by atoms with Crippen molar-refractivity contribution >= 4 is 17.3 Å². The molecule has 1 amide bonds. The number of nitrogen functional groups attached to an aromatic ring is 1. The van der Waals surface area contributed by atoms with Gasteiger partial charge in [0.15, 0.2) is 0 Å². The Bertz CT molecular complexity index is 385. The van der Waals surface area contributed by atoms with Crippen LogP contribution in [0.1, 0.15) is 29.6 Å². The van der Waals surface area contributed by atoms with Crippen molar-refractivity contribution in [3.8, 4) is 0 Å². The standard InChI is InChI=1S/C11H15N3O/c12-10-5-4-8(6-9(10)11(13)15)14-7-2-1-3-7/h4-7,14H,1-3,12H2,(H2,13,15). The number of rotatable bonds is 3. The maximum atomic E-state index is 11.1. The van der Waals surface area contributed by atoms with Crippen LogP contribution < -0.4 is 16.8 Å². The summed E-state index contributed by atoms with van der Waals surface area (Å²) in [7, 11) is 0. The molecule has 0 spiro atoms. The minimum atomic E-state index is -0.482. The van der Waals surface area contributed by atoms with Crippen LogP contribution in [0.5, 0.6) is 0 Å². The number of amides is 1. The predicted octanol–water partition coefficient (Wildman–Crippen LogP) is 1.33. The fourth-order valence-electron chi connectivity index (χ4n) is 1.65. The molecule has 1 aliphatic rings. The zero-order chi connectivity index (χ0) is 10.8. The number of hydrogen-bond acceptors (Lipinski definition) is 3. The summed E-state index contributed by atoms with van der Waals surface area (Å²) in [6.45, 7) is 0. The fourth-order valence-corrected chi connectivity index (χ4v) is 1.65. The van der Waals surface area contributed by atoms with Gasteiger partial charge in [-0.1, -0.05) is 0 Å². The van der Waals surface area contributed by atoms with Crippen molar-refractivity contribution in [3.63, 3.8) is 0 Å². The summed E-state index contributed by atoms with van der Waals surface area (Å²) in [6, 6.07) is 5.84. The third kappa shape index (κ3) is 2.03. The normalized spacial score (nSPS) is 15.7. The highest BCUT2D eigenvalue weighted by atomic mass is 16.1. The number of benzene rings is 1. The first-order chi connectivity index (χ1) is 7.16. The Labute approximate surface area is 88.6 Å². The SMILES string of the molecule is NC(=O)c1cc(NC2CCC2)ccc1N. The Kier molecular flexibility index (Phi) is 2.49. The number of anilines is 2. The minimum Gasteiger partial charge on any atom is -0.398 e. The van der Waals surface area contributed by atoms with Gasteiger partial charge in [0.05, 0.1) is 5.56 Å². The largest absolute Gasteiger partial charge is 0.398 e. The molecule has 0 atom stereocenters. The van der Waals surface area contributed by atoms with Crippen LogP contribution in [0.4, 0.5) is 11.4 Å². The average Bonchev–Trinajstić information content (AvgIpc) is 2.13. The number of carbonyl (C=O) groups is 1. The van der Waals surface area contributed by atoms with Gasteiger partial charge in [-0.2, -0.15) is 0 Å². The zero-order valence-corrected chi connectivity index (χ0v) is 8.49. The van der Waals surface area contributed by atoms with E-state index in [4.69, 9.17) is 11.5 Å². The molecule has 15 heavy (non-hydrogen) atoms. The molecule has 0 bridgehead atoms. The lowest BCUT2D eigenvalue weighted by molar-refractivity contribution is 0.100. The van der Waals surface area contributed by atoms with Crippen LogP contribution in [0.25, 0.3) is 0 Å². The second-order valence-electron chi connectivity index (χ2n) is 3.94. The molecule has 1 fully saturated rings. The molecule has 4 nitrogen and oxygen atoms in total. The van der Waals surface area contributed by atoms with Crippen LogP contribution in [0.2, 0.25) is 0 Å². The molecule has 0 heterocycles. The maximum Gasteiger partial charge on any atom is 0.250 e. The summed E-state index contributed by atoms with van der Waals surface area (Å²) in [5, 5.41) is 3.34. The van der Waals surface area contributed by atoms with E-state index in [1.807, 2.05) is 6.07 Å². The van der Waals surface area contributed by atoms with Gasteiger partial charge in [0, 0.05) is 17.4 Å². The summed E-state index contributed by atoms with van der Waals surface area (Å²) in [6.07, 6.45) is 3.65. The van der Waals surface area contributed by atoms with E-state index in [0.29, 0.717) is 17.3 Å². The molecule has 0 saturated heterocycles. The van der Waals surface area contributed by atoms with E-state index in [9.17, 15) is 4.79 Å². The first-order valence-corrected chi connectivity index (χ1v) is 5.12. The second kappa shape index (κ2) is 3.81. The molecule has 1 saturated carbocycles. The van der Waals surface area contributed by atoms with Crippen molar-refractivity contribution in [2.24, 2.45) is 5.73 Å². The molecule has 1 aliphatic carbocycles. The number of nitrogens with two attached hydrogens (primary N) is 2. The van der Waals surface area contributed by atoms with Crippen molar-refractivity contribution in [2.45, 2.75) is 25.3 Å². The van der Waals surface area contributed by atoms with Gasteiger partial charge in [-0.05, 0) is 37.5 Å². The number of nitrogens with one attached hydrogen (secondary N) is 1. The predicted molar refractivity (Wildman–Crippen MR) is 60.6 cm³/mol. The van der Waals surface area contributed by atoms with Gasteiger partial charge in [-0.25, -0.2) is 0 Å². The van der Waals surface area contributed by atoms with Gasteiger partial charge in [0.25, 0.3) is 5.91 Å². The maximum absolute atomic E-state index is 11.1. The zero-order valence-electron chi connectivity index (χ0n) is 8.49. The minimum absolute atomic E-state index is 0.388. The van der Waals surface area contributed by atoms with Crippen molar-refractivity contribution in [2.75, 3.05) is 11.1 Å². The van der Waals surface area contributed by atoms with Gasteiger partial charge < -0.3 is 16.8 Å². The van der Waals surface area contributed by atoms with E-state index >= 15 is 0 Å². The van der Waals surface area contributed by atoms with E-state index in [1.54, 1.807) is 12.1 Å². The first-order valence-electron chi connectivity index (χ1n) is 5.12. The average molecular weight is 205 g/mol. The van der Waals surface area contributed by atoms with Crippen LogP contribution >= 0.6 is 0 Å². The van der Waals surface area contributed by atoms with Crippen LogP contribution in [0, 0.1) is 0 Å².